The van der Waals surface area contributed by atoms with Crippen molar-refractivity contribution >= 4 is 11.0 Å². The fraction of sp³-hybridized carbons (Fsp3) is 0.562. The van der Waals surface area contributed by atoms with Crippen LogP contribution in [0.2, 0.25) is 0 Å². The Morgan fingerprint density at radius 3 is 3.10 bits per heavy atom. The van der Waals surface area contributed by atoms with E-state index in [0.29, 0.717) is 6.04 Å². The van der Waals surface area contributed by atoms with Crippen LogP contribution >= 0.6 is 0 Å². The van der Waals surface area contributed by atoms with Crippen molar-refractivity contribution in [3.8, 4) is 0 Å². The van der Waals surface area contributed by atoms with Crippen molar-refractivity contribution in [2.45, 2.75) is 31.7 Å². The molecule has 1 saturated heterocycles. The van der Waals surface area contributed by atoms with Gasteiger partial charge in [0.1, 0.15) is 5.82 Å². The van der Waals surface area contributed by atoms with Gasteiger partial charge in [-0.15, -0.1) is 0 Å². The van der Waals surface area contributed by atoms with Gasteiger partial charge >= 0.3 is 0 Å². The molecule has 108 valence electrons. The molecule has 1 fully saturated rings. The van der Waals surface area contributed by atoms with E-state index in [9.17, 15) is 0 Å². The van der Waals surface area contributed by atoms with E-state index in [1.165, 1.54) is 24.2 Å². The van der Waals surface area contributed by atoms with Crippen LogP contribution in [0.3, 0.4) is 0 Å². The molecule has 20 heavy (non-hydrogen) atoms. The number of rotatable bonds is 5. The molecule has 0 radical (unpaired) electrons. The summed E-state index contributed by atoms with van der Waals surface area (Å²) < 4.78 is 7.68. The van der Waals surface area contributed by atoms with Crippen molar-refractivity contribution in [3.05, 3.63) is 30.1 Å². The van der Waals surface area contributed by atoms with Crippen LogP contribution in [-0.4, -0.2) is 35.4 Å². The molecular weight excluding hydrogens is 250 g/mol. The maximum absolute atomic E-state index is 5.48. The smallest absolute Gasteiger partial charge is 0.109 e. The number of aromatic nitrogens is 2. The zero-order valence-electron chi connectivity index (χ0n) is 12.1. The van der Waals surface area contributed by atoms with Crippen LogP contribution in [0.1, 0.15) is 25.1 Å². The normalized spacial score (nSPS) is 19.6. The third-order valence-corrected chi connectivity index (χ3v) is 4.05. The molecule has 1 atom stereocenters. The Balaban J connectivity index is 1.51. The number of nitrogens with one attached hydrogen (secondary N) is 1. The van der Waals surface area contributed by atoms with E-state index >= 15 is 0 Å². The molecule has 2 aromatic rings. The van der Waals surface area contributed by atoms with E-state index in [4.69, 9.17) is 9.72 Å². The van der Waals surface area contributed by atoms with Gasteiger partial charge in [0.25, 0.3) is 0 Å². The highest BCUT2D eigenvalue weighted by atomic mass is 16.5. The molecule has 0 saturated carbocycles. The van der Waals surface area contributed by atoms with E-state index in [2.05, 4.69) is 35.1 Å². The maximum atomic E-state index is 5.48. The average molecular weight is 273 g/mol. The summed E-state index contributed by atoms with van der Waals surface area (Å²) in [7, 11) is 2.10. The van der Waals surface area contributed by atoms with Gasteiger partial charge in [-0.1, -0.05) is 12.1 Å². The number of aryl methyl sites for hydroxylation is 2. The summed E-state index contributed by atoms with van der Waals surface area (Å²) in [5, 5.41) is 3.58. The molecule has 0 unspecified atom stereocenters. The maximum Gasteiger partial charge on any atom is 0.109 e. The van der Waals surface area contributed by atoms with Crippen molar-refractivity contribution in [1.29, 1.82) is 0 Å². The van der Waals surface area contributed by atoms with E-state index in [1.807, 2.05) is 6.07 Å². The second-order valence-electron chi connectivity index (χ2n) is 5.55. The van der Waals surface area contributed by atoms with Crippen LogP contribution < -0.4 is 5.32 Å². The molecule has 1 N–H and O–H groups in total. The van der Waals surface area contributed by atoms with Gasteiger partial charge in [0.2, 0.25) is 0 Å². The van der Waals surface area contributed by atoms with Crippen LogP contribution in [0.5, 0.6) is 0 Å². The predicted molar refractivity (Wildman–Crippen MR) is 80.9 cm³/mol. The number of nitrogens with zero attached hydrogens (tertiary/aromatic N) is 2. The number of hydrogen-bond donors (Lipinski definition) is 1. The van der Waals surface area contributed by atoms with Crippen LogP contribution in [0.15, 0.2) is 24.3 Å². The number of hydrogen-bond acceptors (Lipinski definition) is 3. The molecule has 4 heteroatoms. The number of benzene rings is 1. The second-order valence-corrected chi connectivity index (χ2v) is 5.55. The van der Waals surface area contributed by atoms with Crippen molar-refractivity contribution in [3.63, 3.8) is 0 Å². The monoisotopic (exact) mass is 273 g/mol. The summed E-state index contributed by atoms with van der Waals surface area (Å²) in [5.74, 6) is 1.17. The van der Waals surface area contributed by atoms with E-state index in [1.54, 1.807) is 0 Å². The van der Waals surface area contributed by atoms with Crippen molar-refractivity contribution in [2.24, 2.45) is 7.05 Å². The third-order valence-electron chi connectivity index (χ3n) is 4.05. The number of ether oxygens (including phenoxy) is 1. The minimum atomic E-state index is 0.546. The van der Waals surface area contributed by atoms with Gasteiger partial charge in [-0.2, -0.15) is 0 Å². The van der Waals surface area contributed by atoms with Gasteiger partial charge in [-0.3, -0.25) is 0 Å². The first-order valence-electron chi connectivity index (χ1n) is 7.56. The van der Waals surface area contributed by atoms with E-state index in [0.717, 1.165) is 38.1 Å². The summed E-state index contributed by atoms with van der Waals surface area (Å²) in [6.07, 6.45) is 4.56. The number of imidazole rings is 1. The Morgan fingerprint density at radius 1 is 1.40 bits per heavy atom. The summed E-state index contributed by atoms with van der Waals surface area (Å²) in [6, 6.07) is 8.87. The largest absolute Gasteiger partial charge is 0.380 e. The predicted octanol–water partition coefficient (Wildman–Crippen LogP) is 2.27. The van der Waals surface area contributed by atoms with Crippen LogP contribution in [0, 0.1) is 0 Å². The van der Waals surface area contributed by atoms with Gasteiger partial charge in [-0.05, 0) is 37.9 Å². The van der Waals surface area contributed by atoms with Gasteiger partial charge in [0.15, 0.2) is 0 Å². The van der Waals surface area contributed by atoms with E-state index in [-0.39, 0.29) is 0 Å². The minimum absolute atomic E-state index is 0.546. The first-order chi connectivity index (χ1) is 9.84. The lowest BCUT2D eigenvalue weighted by molar-refractivity contribution is 0.0705. The SMILES string of the molecule is Cn1c(CCCN[C@@H]2CCCOC2)nc2ccccc21. The molecule has 1 aromatic carbocycles. The molecule has 2 heterocycles. The molecule has 0 aliphatic carbocycles. The molecule has 3 rings (SSSR count). The number of para-hydroxylation sites is 2. The zero-order valence-corrected chi connectivity index (χ0v) is 12.1. The lowest BCUT2D eigenvalue weighted by atomic mass is 10.1. The Morgan fingerprint density at radius 2 is 2.30 bits per heavy atom. The molecule has 0 bridgehead atoms. The highest BCUT2D eigenvalue weighted by molar-refractivity contribution is 5.75. The molecular formula is C16H23N3O. The van der Waals surface area contributed by atoms with Gasteiger partial charge in [-0.25, -0.2) is 4.98 Å². The summed E-state index contributed by atoms with van der Waals surface area (Å²) in [5.41, 5.74) is 2.31. The lowest BCUT2D eigenvalue weighted by Crippen LogP contribution is -2.37. The molecule has 0 amide bonds. The Bertz CT molecular complexity index is 558. The first-order valence-corrected chi connectivity index (χ1v) is 7.56. The fourth-order valence-corrected chi connectivity index (χ4v) is 2.87. The summed E-state index contributed by atoms with van der Waals surface area (Å²) >= 11 is 0. The summed E-state index contributed by atoms with van der Waals surface area (Å²) in [4.78, 5) is 4.71. The molecule has 0 spiro atoms. The molecule has 1 aromatic heterocycles. The van der Waals surface area contributed by atoms with Crippen molar-refractivity contribution < 1.29 is 4.74 Å². The Kier molecular flexibility index (Phi) is 4.33. The van der Waals surface area contributed by atoms with Gasteiger partial charge < -0.3 is 14.6 Å². The topological polar surface area (TPSA) is 39.1 Å². The van der Waals surface area contributed by atoms with Crippen LogP contribution in [-0.2, 0) is 18.2 Å². The summed E-state index contributed by atoms with van der Waals surface area (Å²) in [6.45, 7) is 2.83. The second kappa shape index (κ2) is 6.37. The average Bonchev–Trinajstić information content (AvgIpc) is 2.82. The van der Waals surface area contributed by atoms with Crippen LogP contribution in [0.25, 0.3) is 11.0 Å². The Hall–Kier alpha value is -1.39. The Labute approximate surface area is 120 Å². The standard InChI is InChI=1S/C16H23N3O/c1-19-15-8-3-2-7-14(15)18-16(19)9-4-10-17-13-6-5-11-20-12-13/h2-3,7-8,13,17H,4-6,9-12H2,1H3/t13-/m1/s1. The van der Waals surface area contributed by atoms with Crippen LogP contribution in [0.4, 0.5) is 0 Å². The molecule has 4 nitrogen and oxygen atoms in total. The highest BCUT2D eigenvalue weighted by Gasteiger charge is 2.12. The van der Waals surface area contributed by atoms with Crippen molar-refractivity contribution in [1.82, 2.24) is 14.9 Å². The highest BCUT2D eigenvalue weighted by Crippen LogP contribution is 2.15. The lowest BCUT2D eigenvalue weighted by Gasteiger charge is -2.23. The van der Waals surface area contributed by atoms with Gasteiger partial charge in [0.05, 0.1) is 17.6 Å². The molecule has 1 aliphatic heterocycles. The minimum Gasteiger partial charge on any atom is -0.380 e. The molecule has 1 aliphatic rings. The quantitative estimate of drug-likeness (QED) is 0.849. The van der Waals surface area contributed by atoms with Gasteiger partial charge in [0, 0.05) is 26.1 Å². The third kappa shape index (κ3) is 3.02. The van der Waals surface area contributed by atoms with Crippen molar-refractivity contribution in [2.75, 3.05) is 19.8 Å². The first kappa shape index (κ1) is 13.6. The zero-order chi connectivity index (χ0) is 13.8. The fourth-order valence-electron chi connectivity index (χ4n) is 2.87. The number of fused-ring (bicyclic) bond motifs is 1. The van der Waals surface area contributed by atoms with E-state index < -0.39 is 0 Å².